The molecular weight excluding hydrogens is 494 g/mol. The first-order valence-electron chi connectivity index (χ1n) is 9.98. The van der Waals surface area contributed by atoms with Crippen LogP contribution < -0.4 is 20.7 Å². The SMILES string of the molecule is CP(C)(=O)c1ccccc1Nc1nc(Nc2ccc(CCO)nc2OCC(F)(F)F)ncc1Cl. The molecule has 0 spiro atoms. The van der Waals surface area contributed by atoms with Crippen molar-refractivity contribution in [2.45, 2.75) is 12.6 Å². The summed E-state index contributed by atoms with van der Waals surface area (Å²) >= 11 is 6.23. The quantitative estimate of drug-likeness (QED) is 0.351. The van der Waals surface area contributed by atoms with Crippen LogP contribution in [0.1, 0.15) is 5.69 Å². The van der Waals surface area contributed by atoms with Gasteiger partial charge in [-0.2, -0.15) is 18.2 Å². The van der Waals surface area contributed by atoms with E-state index in [4.69, 9.17) is 21.4 Å². The van der Waals surface area contributed by atoms with Gasteiger partial charge in [0.2, 0.25) is 11.8 Å². The van der Waals surface area contributed by atoms with Crippen molar-refractivity contribution in [1.29, 1.82) is 0 Å². The summed E-state index contributed by atoms with van der Waals surface area (Å²) in [5.74, 6) is -0.114. The number of nitrogens with one attached hydrogen (secondary N) is 2. The molecule has 0 saturated heterocycles. The molecule has 8 nitrogen and oxygen atoms in total. The maximum absolute atomic E-state index is 12.7. The number of hydrogen-bond donors (Lipinski definition) is 3. The topological polar surface area (TPSA) is 109 Å². The van der Waals surface area contributed by atoms with Crippen LogP contribution in [0.25, 0.3) is 0 Å². The van der Waals surface area contributed by atoms with E-state index in [-0.39, 0.29) is 41.4 Å². The number of benzene rings is 1. The molecular formula is C21H22ClF3N5O3P. The van der Waals surface area contributed by atoms with Crippen molar-refractivity contribution < 1.29 is 27.6 Å². The Morgan fingerprint density at radius 1 is 1.09 bits per heavy atom. The van der Waals surface area contributed by atoms with Gasteiger partial charge < -0.3 is 25.0 Å². The molecule has 0 aliphatic heterocycles. The molecule has 34 heavy (non-hydrogen) atoms. The molecule has 0 radical (unpaired) electrons. The van der Waals surface area contributed by atoms with Gasteiger partial charge in [-0.05, 0) is 37.6 Å². The number of rotatable bonds is 9. The first-order chi connectivity index (χ1) is 16.0. The van der Waals surface area contributed by atoms with E-state index in [1.807, 2.05) is 0 Å². The number of anilines is 4. The summed E-state index contributed by atoms with van der Waals surface area (Å²) in [7, 11) is -2.61. The van der Waals surface area contributed by atoms with Crippen LogP contribution in [-0.4, -0.2) is 52.8 Å². The zero-order valence-electron chi connectivity index (χ0n) is 18.2. The minimum atomic E-state index is -4.56. The van der Waals surface area contributed by atoms with Gasteiger partial charge in [-0.15, -0.1) is 0 Å². The monoisotopic (exact) mass is 515 g/mol. The molecule has 0 unspecified atom stereocenters. The fraction of sp³-hybridized carbons (Fsp3) is 0.286. The zero-order valence-corrected chi connectivity index (χ0v) is 19.9. The summed E-state index contributed by atoms with van der Waals surface area (Å²) in [6.07, 6.45) is -3.11. The number of hydrogen-bond acceptors (Lipinski definition) is 8. The van der Waals surface area contributed by atoms with E-state index in [1.54, 1.807) is 37.6 Å². The number of halogens is 4. The molecule has 1 aromatic carbocycles. The Labute approximate surface area is 198 Å². The van der Waals surface area contributed by atoms with E-state index < -0.39 is 19.9 Å². The number of nitrogens with zero attached hydrogens (tertiary/aromatic N) is 3. The Balaban J connectivity index is 1.90. The lowest BCUT2D eigenvalue weighted by molar-refractivity contribution is -0.154. The molecule has 2 heterocycles. The summed E-state index contributed by atoms with van der Waals surface area (Å²) < 4.78 is 55.5. The van der Waals surface area contributed by atoms with Crippen molar-refractivity contribution >= 4 is 47.2 Å². The van der Waals surface area contributed by atoms with Crippen LogP contribution in [0.5, 0.6) is 5.88 Å². The minimum absolute atomic E-state index is 0.00845. The van der Waals surface area contributed by atoms with Crippen LogP contribution in [0.2, 0.25) is 5.02 Å². The number of aliphatic hydroxyl groups excluding tert-OH is 1. The van der Waals surface area contributed by atoms with Crippen molar-refractivity contribution in [3.63, 3.8) is 0 Å². The zero-order chi connectivity index (χ0) is 24.9. The second-order valence-electron chi connectivity index (χ2n) is 7.54. The predicted octanol–water partition coefficient (Wildman–Crippen LogP) is 4.74. The number of alkyl halides is 3. The Hall–Kier alpha value is -2.88. The molecule has 0 bridgehead atoms. The van der Waals surface area contributed by atoms with Gasteiger partial charge >= 0.3 is 6.18 Å². The van der Waals surface area contributed by atoms with Crippen LogP contribution in [0.4, 0.5) is 36.3 Å². The number of aliphatic hydroxyl groups is 1. The Bertz CT molecular complexity index is 1210. The average Bonchev–Trinajstić information content (AvgIpc) is 2.75. The molecule has 3 rings (SSSR count). The predicted molar refractivity (Wildman–Crippen MR) is 126 cm³/mol. The fourth-order valence-electron chi connectivity index (χ4n) is 2.90. The van der Waals surface area contributed by atoms with Crippen molar-refractivity contribution in [1.82, 2.24) is 15.0 Å². The highest BCUT2D eigenvalue weighted by atomic mass is 35.5. The van der Waals surface area contributed by atoms with Gasteiger partial charge in [0.05, 0.1) is 11.9 Å². The highest BCUT2D eigenvalue weighted by Crippen LogP contribution is 2.38. The van der Waals surface area contributed by atoms with Gasteiger partial charge in [-0.3, -0.25) is 0 Å². The maximum Gasteiger partial charge on any atom is 0.422 e. The first-order valence-corrected chi connectivity index (χ1v) is 13.0. The van der Waals surface area contributed by atoms with Gasteiger partial charge in [0.1, 0.15) is 17.9 Å². The van der Waals surface area contributed by atoms with Crippen molar-refractivity contribution in [3.05, 3.63) is 53.3 Å². The van der Waals surface area contributed by atoms with Gasteiger partial charge in [0.15, 0.2) is 12.4 Å². The van der Waals surface area contributed by atoms with E-state index in [9.17, 15) is 17.7 Å². The number of aromatic nitrogens is 3. The fourth-order valence-corrected chi connectivity index (χ4v) is 4.19. The van der Waals surface area contributed by atoms with Crippen molar-refractivity contribution in [2.75, 3.05) is 37.2 Å². The third-order valence-corrected chi connectivity index (χ3v) is 6.21. The van der Waals surface area contributed by atoms with E-state index in [0.29, 0.717) is 16.7 Å². The second-order valence-corrected chi connectivity index (χ2v) is 11.1. The van der Waals surface area contributed by atoms with Gasteiger partial charge in [-0.1, -0.05) is 23.7 Å². The lowest BCUT2D eigenvalue weighted by atomic mass is 10.2. The Kier molecular flexibility index (Phi) is 8.01. The van der Waals surface area contributed by atoms with Crippen LogP contribution in [-0.2, 0) is 11.0 Å². The molecule has 0 atom stereocenters. The van der Waals surface area contributed by atoms with Gasteiger partial charge in [0.25, 0.3) is 0 Å². The summed E-state index contributed by atoms with van der Waals surface area (Å²) in [5.41, 5.74) is 0.989. The third-order valence-electron chi connectivity index (χ3n) is 4.39. The molecule has 0 aliphatic rings. The molecule has 2 aromatic heterocycles. The lowest BCUT2D eigenvalue weighted by Crippen LogP contribution is -2.20. The van der Waals surface area contributed by atoms with Crippen LogP contribution in [0, 0.1) is 0 Å². The second kappa shape index (κ2) is 10.6. The van der Waals surface area contributed by atoms with Crippen molar-refractivity contribution in [2.24, 2.45) is 0 Å². The van der Waals surface area contributed by atoms with Crippen LogP contribution in [0.3, 0.4) is 0 Å². The van der Waals surface area contributed by atoms with E-state index >= 15 is 0 Å². The van der Waals surface area contributed by atoms with E-state index in [1.165, 1.54) is 18.3 Å². The number of para-hydroxylation sites is 1. The van der Waals surface area contributed by atoms with Crippen molar-refractivity contribution in [3.8, 4) is 5.88 Å². The molecule has 3 aromatic rings. The molecule has 0 amide bonds. The van der Waals surface area contributed by atoms with E-state index in [2.05, 4.69) is 25.6 Å². The third kappa shape index (κ3) is 7.06. The molecule has 0 fully saturated rings. The molecule has 182 valence electrons. The molecule has 0 saturated carbocycles. The lowest BCUT2D eigenvalue weighted by Gasteiger charge is -2.16. The van der Waals surface area contributed by atoms with Crippen LogP contribution in [0.15, 0.2) is 42.6 Å². The smallest absolute Gasteiger partial charge is 0.422 e. The average molecular weight is 516 g/mol. The highest BCUT2D eigenvalue weighted by Gasteiger charge is 2.29. The summed E-state index contributed by atoms with van der Waals surface area (Å²) in [6.45, 7) is 1.50. The van der Waals surface area contributed by atoms with Gasteiger partial charge in [0, 0.05) is 24.0 Å². The minimum Gasteiger partial charge on any atom is -0.467 e. The standard InChI is InChI=1S/C21H22ClF3N5O3P/c1-34(2,32)17-6-4-3-5-15(17)28-18-14(22)11-26-20(30-18)29-16-8-7-13(9-10-31)27-19(16)33-12-21(23,24)25/h3-8,11,31H,9-10,12H2,1-2H3,(H2,26,28,29,30). The molecule has 13 heteroatoms. The largest absolute Gasteiger partial charge is 0.467 e. The summed E-state index contributed by atoms with van der Waals surface area (Å²) in [5, 5.41) is 15.7. The Morgan fingerprint density at radius 2 is 1.82 bits per heavy atom. The normalized spacial score (nSPS) is 11.9. The number of pyridine rings is 1. The molecule has 0 aliphatic carbocycles. The number of ether oxygens (including phenoxy) is 1. The Morgan fingerprint density at radius 3 is 2.50 bits per heavy atom. The summed E-state index contributed by atoms with van der Waals surface area (Å²) in [6, 6.07) is 9.98. The van der Waals surface area contributed by atoms with Crippen LogP contribution >= 0.6 is 18.7 Å². The highest BCUT2D eigenvalue weighted by molar-refractivity contribution is 7.70. The summed E-state index contributed by atoms with van der Waals surface area (Å²) in [4.78, 5) is 12.4. The molecule has 3 N–H and O–H groups in total. The first kappa shape index (κ1) is 25.7. The van der Waals surface area contributed by atoms with E-state index in [0.717, 1.165) is 0 Å². The maximum atomic E-state index is 12.7. The van der Waals surface area contributed by atoms with Gasteiger partial charge in [-0.25, -0.2) is 9.97 Å².